The van der Waals surface area contributed by atoms with Crippen LogP contribution in [0.5, 0.6) is 0 Å². The Morgan fingerprint density at radius 2 is 1.91 bits per heavy atom. The van der Waals surface area contributed by atoms with Crippen molar-refractivity contribution in [2.24, 2.45) is 5.92 Å². The molecule has 0 saturated carbocycles. The lowest BCUT2D eigenvalue weighted by molar-refractivity contribution is -0.116. The highest BCUT2D eigenvalue weighted by molar-refractivity contribution is 7.99. The van der Waals surface area contributed by atoms with Gasteiger partial charge in [0.2, 0.25) is 5.91 Å². The smallest absolute Gasteiger partial charge is 0.251 e. The third-order valence-electron chi connectivity index (χ3n) is 3.45. The Labute approximate surface area is 137 Å². The molecular weight excluding hydrogens is 296 g/mol. The first-order chi connectivity index (χ1) is 10.6. The number of thioether (sulfide) groups is 1. The number of hydrogen-bond donors (Lipinski definition) is 2. The molecule has 0 aliphatic rings. The fourth-order valence-corrected chi connectivity index (χ4v) is 2.96. The minimum atomic E-state index is -0.129. The van der Waals surface area contributed by atoms with Gasteiger partial charge in [0, 0.05) is 24.7 Å². The molecule has 5 heteroatoms. The first-order valence-corrected chi connectivity index (χ1v) is 8.92. The first-order valence-electron chi connectivity index (χ1n) is 7.76. The van der Waals surface area contributed by atoms with E-state index in [0.29, 0.717) is 12.0 Å². The van der Waals surface area contributed by atoms with Gasteiger partial charge in [-0.05, 0) is 48.1 Å². The normalized spacial score (nSPS) is 11.8. The lowest BCUT2D eigenvalue weighted by atomic mass is 10.2. The van der Waals surface area contributed by atoms with E-state index in [2.05, 4.69) is 24.5 Å². The molecule has 22 heavy (non-hydrogen) atoms. The third kappa shape index (κ3) is 6.98. The average Bonchev–Trinajstić information content (AvgIpc) is 2.54. The molecule has 0 radical (unpaired) electrons. The Hall–Kier alpha value is -1.49. The first kappa shape index (κ1) is 18.6. The van der Waals surface area contributed by atoms with Crippen LogP contribution in [0.2, 0.25) is 0 Å². The zero-order chi connectivity index (χ0) is 16.4. The van der Waals surface area contributed by atoms with Gasteiger partial charge >= 0.3 is 0 Å². The Bertz CT molecular complexity index is 474. The van der Waals surface area contributed by atoms with E-state index in [1.165, 1.54) is 12.2 Å². The quantitative estimate of drug-likeness (QED) is 0.684. The average molecular weight is 322 g/mol. The summed E-state index contributed by atoms with van der Waals surface area (Å²) in [6.45, 7) is 4.45. The van der Waals surface area contributed by atoms with E-state index in [9.17, 15) is 9.59 Å². The van der Waals surface area contributed by atoms with Gasteiger partial charge < -0.3 is 10.6 Å². The molecule has 0 heterocycles. The number of amides is 2. The van der Waals surface area contributed by atoms with Crippen molar-refractivity contribution >= 4 is 29.3 Å². The Kier molecular flexibility index (Phi) is 8.67. The SMILES string of the molecule is CCC(C)CSCCCC(=O)Nc1ccc(C(=O)NC)cc1. The lowest BCUT2D eigenvalue weighted by Crippen LogP contribution is -2.17. The maximum Gasteiger partial charge on any atom is 0.251 e. The summed E-state index contributed by atoms with van der Waals surface area (Å²) >= 11 is 1.92. The van der Waals surface area contributed by atoms with Crippen LogP contribution in [0.25, 0.3) is 0 Å². The molecule has 1 atom stereocenters. The van der Waals surface area contributed by atoms with Gasteiger partial charge in [0.05, 0.1) is 0 Å². The summed E-state index contributed by atoms with van der Waals surface area (Å²) in [6, 6.07) is 6.91. The molecule has 4 nitrogen and oxygen atoms in total. The van der Waals surface area contributed by atoms with Crippen LogP contribution in [0.1, 0.15) is 43.5 Å². The zero-order valence-corrected chi connectivity index (χ0v) is 14.5. The van der Waals surface area contributed by atoms with Crippen molar-refractivity contribution in [1.82, 2.24) is 5.32 Å². The Morgan fingerprint density at radius 3 is 2.50 bits per heavy atom. The van der Waals surface area contributed by atoms with Crippen LogP contribution in [0.15, 0.2) is 24.3 Å². The van der Waals surface area contributed by atoms with E-state index >= 15 is 0 Å². The summed E-state index contributed by atoms with van der Waals surface area (Å²) in [5.74, 6) is 2.83. The molecule has 0 fully saturated rings. The topological polar surface area (TPSA) is 58.2 Å². The van der Waals surface area contributed by atoms with Crippen molar-refractivity contribution in [2.75, 3.05) is 23.9 Å². The van der Waals surface area contributed by atoms with Gasteiger partial charge in [0.1, 0.15) is 0 Å². The van der Waals surface area contributed by atoms with Crippen LogP contribution in [-0.2, 0) is 4.79 Å². The van der Waals surface area contributed by atoms with Crippen molar-refractivity contribution in [2.45, 2.75) is 33.1 Å². The van der Waals surface area contributed by atoms with Gasteiger partial charge in [-0.2, -0.15) is 11.8 Å². The highest BCUT2D eigenvalue weighted by Crippen LogP contribution is 2.14. The standard InChI is InChI=1S/C17H26N2O2S/c1-4-13(2)12-22-11-5-6-16(20)19-15-9-7-14(8-10-15)17(21)18-3/h7-10,13H,4-6,11-12H2,1-3H3,(H,18,21)(H,19,20). The molecule has 0 saturated heterocycles. The number of carbonyl (C=O) groups is 2. The number of rotatable bonds is 9. The summed E-state index contributed by atoms with van der Waals surface area (Å²) < 4.78 is 0. The molecule has 0 aromatic heterocycles. The molecule has 122 valence electrons. The van der Waals surface area contributed by atoms with Gasteiger partial charge in [0.25, 0.3) is 5.91 Å². The monoisotopic (exact) mass is 322 g/mol. The van der Waals surface area contributed by atoms with Gasteiger partial charge in [-0.3, -0.25) is 9.59 Å². The number of carbonyl (C=O) groups excluding carboxylic acids is 2. The van der Waals surface area contributed by atoms with Crippen LogP contribution >= 0.6 is 11.8 Å². The summed E-state index contributed by atoms with van der Waals surface area (Å²) in [7, 11) is 1.59. The second-order valence-corrected chi connectivity index (χ2v) is 6.55. The number of anilines is 1. The van der Waals surface area contributed by atoms with Gasteiger partial charge in [-0.15, -0.1) is 0 Å². The fraction of sp³-hybridized carbons (Fsp3) is 0.529. The van der Waals surface area contributed by atoms with E-state index in [4.69, 9.17) is 0 Å². The largest absolute Gasteiger partial charge is 0.355 e. The van der Waals surface area contributed by atoms with Crippen molar-refractivity contribution in [3.05, 3.63) is 29.8 Å². The summed E-state index contributed by atoms with van der Waals surface area (Å²) in [6.07, 6.45) is 2.63. The maximum absolute atomic E-state index is 11.8. The van der Waals surface area contributed by atoms with E-state index in [1.807, 2.05) is 11.8 Å². The molecule has 1 rings (SSSR count). The second-order valence-electron chi connectivity index (χ2n) is 5.40. The van der Waals surface area contributed by atoms with Crippen LogP contribution in [0.4, 0.5) is 5.69 Å². The van der Waals surface area contributed by atoms with Crippen molar-refractivity contribution in [1.29, 1.82) is 0 Å². The molecule has 1 unspecified atom stereocenters. The minimum absolute atomic E-state index is 0.0248. The molecule has 0 aliphatic heterocycles. The second kappa shape index (κ2) is 10.3. The highest BCUT2D eigenvalue weighted by Gasteiger charge is 2.05. The van der Waals surface area contributed by atoms with Crippen molar-refractivity contribution in [3.63, 3.8) is 0 Å². The molecular formula is C17H26N2O2S. The summed E-state index contributed by atoms with van der Waals surface area (Å²) in [4.78, 5) is 23.3. The van der Waals surface area contributed by atoms with Gasteiger partial charge in [-0.25, -0.2) is 0 Å². The zero-order valence-electron chi connectivity index (χ0n) is 13.6. The Balaban J connectivity index is 2.26. The number of nitrogens with one attached hydrogen (secondary N) is 2. The predicted octanol–water partition coefficient (Wildman–Crippen LogP) is 3.54. The van der Waals surface area contributed by atoms with Gasteiger partial charge in [0.15, 0.2) is 0 Å². The molecule has 1 aromatic carbocycles. The van der Waals surface area contributed by atoms with E-state index in [1.54, 1.807) is 31.3 Å². The van der Waals surface area contributed by atoms with Crippen LogP contribution < -0.4 is 10.6 Å². The third-order valence-corrected chi connectivity index (χ3v) is 4.83. The number of hydrogen-bond acceptors (Lipinski definition) is 3. The van der Waals surface area contributed by atoms with E-state index in [0.717, 1.165) is 23.8 Å². The highest BCUT2D eigenvalue weighted by atomic mass is 32.2. The predicted molar refractivity (Wildman–Crippen MR) is 94.5 cm³/mol. The van der Waals surface area contributed by atoms with Crippen LogP contribution in [0, 0.1) is 5.92 Å². The molecule has 0 aliphatic carbocycles. The summed E-state index contributed by atoms with van der Waals surface area (Å²) in [5.41, 5.74) is 1.31. The lowest BCUT2D eigenvalue weighted by Gasteiger charge is -2.08. The molecule has 1 aromatic rings. The fourth-order valence-electron chi connectivity index (χ4n) is 1.81. The van der Waals surface area contributed by atoms with Gasteiger partial charge in [-0.1, -0.05) is 20.3 Å². The van der Waals surface area contributed by atoms with Crippen molar-refractivity contribution in [3.8, 4) is 0 Å². The number of benzene rings is 1. The van der Waals surface area contributed by atoms with Crippen LogP contribution in [-0.4, -0.2) is 30.4 Å². The van der Waals surface area contributed by atoms with E-state index < -0.39 is 0 Å². The molecule has 0 spiro atoms. The molecule has 2 N–H and O–H groups in total. The maximum atomic E-state index is 11.8. The van der Waals surface area contributed by atoms with Crippen molar-refractivity contribution < 1.29 is 9.59 Å². The Morgan fingerprint density at radius 1 is 1.23 bits per heavy atom. The van der Waals surface area contributed by atoms with Crippen LogP contribution in [0.3, 0.4) is 0 Å². The minimum Gasteiger partial charge on any atom is -0.355 e. The summed E-state index contributed by atoms with van der Waals surface area (Å²) in [5, 5.41) is 5.42. The molecule has 2 amide bonds. The molecule has 0 bridgehead atoms. The van der Waals surface area contributed by atoms with E-state index in [-0.39, 0.29) is 11.8 Å².